The summed E-state index contributed by atoms with van der Waals surface area (Å²) in [5.41, 5.74) is 11.1. The molecule has 6 nitrogen and oxygen atoms in total. The molecule has 0 spiro atoms. The number of nitrogens with one attached hydrogen (secondary N) is 1. The van der Waals surface area contributed by atoms with Crippen LogP contribution >= 0.6 is 0 Å². The molecular formula is C13H19N3O3. The summed E-state index contributed by atoms with van der Waals surface area (Å²) in [6, 6.07) is 6.95. The van der Waals surface area contributed by atoms with Crippen LogP contribution in [-0.2, 0) is 15.0 Å². The lowest BCUT2D eigenvalue weighted by Gasteiger charge is -2.24. The van der Waals surface area contributed by atoms with E-state index in [1.165, 1.54) is 0 Å². The molecule has 6 heteroatoms. The molecule has 0 heterocycles. The smallest absolute Gasteiger partial charge is 0.248 e. The fourth-order valence-corrected chi connectivity index (χ4v) is 1.54. The highest BCUT2D eigenvalue weighted by Gasteiger charge is 2.30. The molecule has 1 rings (SSSR count). The van der Waals surface area contributed by atoms with Crippen LogP contribution in [0.5, 0.6) is 0 Å². The molecule has 0 aliphatic rings. The molecule has 1 atom stereocenters. The Morgan fingerprint density at radius 3 is 2.32 bits per heavy atom. The number of primary amides is 1. The molecule has 19 heavy (non-hydrogen) atoms. The predicted octanol–water partition coefficient (Wildman–Crippen LogP) is -0.491. The van der Waals surface area contributed by atoms with Crippen molar-refractivity contribution < 1.29 is 14.7 Å². The molecule has 0 fully saturated rings. The van der Waals surface area contributed by atoms with E-state index in [2.05, 4.69) is 5.32 Å². The number of aliphatic hydroxyl groups is 1. The number of hydrogen-bond acceptors (Lipinski definition) is 4. The molecule has 1 aromatic rings. The number of anilines is 1. The van der Waals surface area contributed by atoms with Gasteiger partial charge in [0.15, 0.2) is 0 Å². The number of aliphatic hydroxyl groups excluding tert-OH is 1. The van der Waals surface area contributed by atoms with Gasteiger partial charge in [0.25, 0.3) is 0 Å². The van der Waals surface area contributed by atoms with Crippen molar-refractivity contribution in [2.24, 2.45) is 5.73 Å². The Labute approximate surface area is 111 Å². The van der Waals surface area contributed by atoms with Crippen molar-refractivity contribution >= 4 is 17.5 Å². The molecule has 0 saturated carbocycles. The van der Waals surface area contributed by atoms with Crippen LogP contribution in [0.1, 0.15) is 19.4 Å². The van der Waals surface area contributed by atoms with E-state index in [0.29, 0.717) is 5.69 Å². The normalized spacial score (nSPS) is 12.8. The standard InChI is InChI=1S/C13H19N3O3/c1-13(2,8-3-5-9(14)6-4-8)12(19)16-7-10(17)11(15)18/h3-6,10,17H,7,14H2,1-2H3,(H2,15,18)(H,16,19). The summed E-state index contributed by atoms with van der Waals surface area (Å²) in [6.45, 7) is 3.28. The largest absolute Gasteiger partial charge is 0.399 e. The van der Waals surface area contributed by atoms with Gasteiger partial charge in [0.2, 0.25) is 11.8 Å². The van der Waals surface area contributed by atoms with Crippen LogP contribution in [0, 0.1) is 0 Å². The molecule has 0 bridgehead atoms. The second-order valence-electron chi connectivity index (χ2n) is 4.88. The van der Waals surface area contributed by atoms with E-state index in [0.717, 1.165) is 5.56 Å². The summed E-state index contributed by atoms with van der Waals surface area (Å²) in [6.07, 6.45) is -1.38. The summed E-state index contributed by atoms with van der Waals surface area (Å²) in [7, 11) is 0. The molecule has 1 aromatic carbocycles. The summed E-state index contributed by atoms with van der Waals surface area (Å²) in [5, 5.41) is 11.7. The van der Waals surface area contributed by atoms with E-state index >= 15 is 0 Å². The van der Waals surface area contributed by atoms with Gasteiger partial charge in [-0.2, -0.15) is 0 Å². The first kappa shape index (κ1) is 15.0. The van der Waals surface area contributed by atoms with Gasteiger partial charge in [-0.25, -0.2) is 0 Å². The fourth-order valence-electron chi connectivity index (χ4n) is 1.54. The van der Waals surface area contributed by atoms with Crippen molar-refractivity contribution in [3.63, 3.8) is 0 Å². The van der Waals surface area contributed by atoms with E-state index in [4.69, 9.17) is 11.5 Å². The minimum absolute atomic E-state index is 0.202. The van der Waals surface area contributed by atoms with E-state index < -0.39 is 17.4 Å². The number of benzene rings is 1. The lowest BCUT2D eigenvalue weighted by Crippen LogP contribution is -2.46. The van der Waals surface area contributed by atoms with E-state index in [-0.39, 0.29) is 12.5 Å². The molecule has 0 aliphatic heterocycles. The fraction of sp³-hybridized carbons (Fsp3) is 0.385. The molecular weight excluding hydrogens is 246 g/mol. The number of nitrogen functional groups attached to an aromatic ring is 1. The monoisotopic (exact) mass is 265 g/mol. The molecule has 0 aliphatic carbocycles. The van der Waals surface area contributed by atoms with Crippen LogP contribution in [0.3, 0.4) is 0 Å². The van der Waals surface area contributed by atoms with Gasteiger partial charge in [-0.1, -0.05) is 12.1 Å². The Morgan fingerprint density at radius 2 is 1.84 bits per heavy atom. The summed E-state index contributed by atoms with van der Waals surface area (Å²) >= 11 is 0. The number of hydrogen-bond donors (Lipinski definition) is 4. The van der Waals surface area contributed by atoms with Gasteiger partial charge in [0.05, 0.1) is 12.0 Å². The van der Waals surface area contributed by atoms with Crippen LogP contribution < -0.4 is 16.8 Å². The van der Waals surface area contributed by atoms with Crippen molar-refractivity contribution in [3.8, 4) is 0 Å². The second-order valence-corrected chi connectivity index (χ2v) is 4.88. The number of nitrogens with two attached hydrogens (primary N) is 2. The van der Waals surface area contributed by atoms with Crippen LogP contribution in [0.25, 0.3) is 0 Å². The summed E-state index contributed by atoms with van der Waals surface area (Å²) in [5.74, 6) is -1.18. The third-order valence-corrected chi connectivity index (χ3v) is 2.98. The van der Waals surface area contributed by atoms with Crippen LogP contribution in [0.15, 0.2) is 24.3 Å². The Hall–Kier alpha value is -2.08. The Kier molecular flexibility index (Phi) is 4.50. The van der Waals surface area contributed by atoms with Gasteiger partial charge in [-0.05, 0) is 31.5 Å². The molecule has 0 saturated heterocycles. The first-order valence-corrected chi connectivity index (χ1v) is 5.87. The number of carbonyl (C=O) groups excluding carboxylic acids is 2. The van der Waals surface area contributed by atoms with Crippen LogP contribution in [0.4, 0.5) is 5.69 Å². The van der Waals surface area contributed by atoms with Crippen molar-refractivity contribution in [1.29, 1.82) is 0 Å². The SMILES string of the molecule is CC(C)(C(=O)NCC(O)C(N)=O)c1ccc(N)cc1. The maximum absolute atomic E-state index is 12.1. The topological polar surface area (TPSA) is 118 Å². The van der Waals surface area contributed by atoms with Gasteiger partial charge in [-0.15, -0.1) is 0 Å². The molecule has 0 radical (unpaired) electrons. The van der Waals surface area contributed by atoms with Crippen molar-refractivity contribution in [2.75, 3.05) is 12.3 Å². The zero-order chi connectivity index (χ0) is 14.6. The average molecular weight is 265 g/mol. The van der Waals surface area contributed by atoms with Gasteiger partial charge in [0, 0.05) is 5.69 Å². The Bertz CT molecular complexity index is 469. The van der Waals surface area contributed by atoms with Crippen molar-refractivity contribution in [1.82, 2.24) is 5.32 Å². The number of carbonyl (C=O) groups is 2. The minimum Gasteiger partial charge on any atom is -0.399 e. The van der Waals surface area contributed by atoms with E-state index in [1.807, 2.05) is 0 Å². The van der Waals surface area contributed by atoms with Gasteiger partial charge >= 0.3 is 0 Å². The molecule has 0 aromatic heterocycles. The Balaban J connectivity index is 2.74. The predicted molar refractivity (Wildman–Crippen MR) is 72.1 cm³/mol. The first-order chi connectivity index (χ1) is 8.75. The molecule has 1 unspecified atom stereocenters. The lowest BCUT2D eigenvalue weighted by atomic mass is 9.83. The third kappa shape index (κ3) is 3.69. The van der Waals surface area contributed by atoms with Gasteiger partial charge < -0.3 is 21.9 Å². The summed E-state index contributed by atoms with van der Waals surface area (Å²) < 4.78 is 0. The highest BCUT2D eigenvalue weighted by atomic mass is 16.3. The molecule has 6 N–H and O–H groups in total. The van der Waals surface area contributed by atoms with Crippen molar-refractivity contribution in [2.45, 2.75) is 25.4 Å². The first-order valence-electron chi connectivity index (χ1n) is 5.87. The highest BCUT2D eigenvalue weighted by molar-refractivity contribution is 5.88. The zero-order valence-corrected chi connectivity index (χ0v) is 11.0. The molecule has 2 amide bonds. The zero-order valence-electron chi connectivity index (χ0n) is 11.0. The number of amides is 2. The number of rotatable bonds is 5. The highest BCUT2D eigenvalue weighted by Crippen LogP contribution is 2.24. The van der Waals surface area contributed by atoms with E-state index in [9.17, 15) is 14.7 Å². The average Bonchev–Trinajstić information content (AvgIpc) is 2.35. The van der Waals surface area contributed by atoms with Crippen LogP contribution in [-0.4, -0.2) is 29.6 Å². The van der Waals surface area contributed by atoms with Crippen molar-refractivity contribution in [3.05, 3.63) is 29.8 Å². The Morgan fingerprint density at radius 1 is 1.32 bits per heavy atom. The summed E-state index contributed by atoms with van der Waals surface area (Å²) in [4.78, 5) is 22.7. The van der Waals surface area contributed by atoms with E-state index in [1.54, 1.807) is 38.1 Å². The maximum atomic E-state index is 12.1. The maximum Gasteiger partial charge on any atom is 0.248 e. The van der Waals surface area contributed by atoms with Gasteiger partial charge in [-0.3, -0.25) is 9.59 Å². The van der Waals surface area contributed by atoms with Gasteiger partial charge in [0.1, 0.15) is 6.10 Å². The molecule has 104 valence electrons. The lowest BCUT2D eigenvalue weighted by molar-refractivity contribution is -0.128. The van der Waals surface area contributed by atoms with Crippen LogP contribution in [0.2, 0.25) is 0 Å². The minimum atomic E-state index is -1.38. The quantitative estimate of drug-likeness (QED) is 0.537. The third-order valence-electron chi connectivity index (χ3n) is 2.98. The second kappa shape index (κ2) is 5.71.